The maximum atomic E-state index is 13.1. The summed E-state index contributed by atoms with van der Waals surface area (Å²) in [6.07, 6.45) is 2.06. The van der Waals surface area contributed by atoms with Crippen LogP contribution in [0, 0.1) is 23.6 Å². The molecule has 1 fully saturated rings. The molecular formula is C13H14FNO3S. The van der Waals surface area contributed by atoms with Gasteiger partial charge in [-0.15, -0.1) is 0 Å². The Morgan fingerprint density at radius 1 is 1.42 bits per heavy atom. The van der Waals surface area contributed by atoms with Crippen molar-refractivity contribution in [3.63, 3.8) is 0 Å². The zero-order valence-electron chi connectivity index (χ0n) is 10.2. The molecule has 4 nitrogen and oxygen atoms in total. The van der Waals surface area contributed by atoms with Crippen LogP contribution in [-0.2, 0) is 10.0 Å². The van der Waals surface area contributed by atoms with Gasteiger partial charge in [-0.25, -0.2) is 17.5 Å². The molecule has 19 heavy (non-hydrogen) atoms. The Bertz CT molecular complexity index is 627. The molecule has 0 bridgehead atoms. The molecule has 1 aliphatic rings. The Morgan fingerprint density at radius 2 is 2.16 bits per heavy atom. The minimum atomic E-state index is -3.69. The summed E-state index contributed by atoms with van der Waals surface area (Å²) >= 11 is 0. The summed E-state index contributed by atoms with van der Waals surface area (Å²) in [5.74, 6) is 4.62. The lowest BCUT2D eigenvalue weighted by molar-refractivity contribution is 0.350. The summed E-state index contributed by atoms with van der Waals surface area (Å²) in [5.41, 5.74) is 0.0531. The third kappa shape index (κ3) is 3.77. The van der Waals surface area contributed by atoms with Gasteiger partial charge in [0.1, 0.15) is 12.4 Å². The lowest BCUT2D eigenvalue weighted by Gasteiger charge is -2.08. The SMILES string of the molecule is O=S(=O)(NCC1CC1)c1ccc(F)cc1C#CCO. The predicted molar refractivity (Wildman–Crippen MR) is 68.3 cm³/mol. The molecular weight excluding hydrogens is 269 g/mol. The van der Waals surface area contributed by atoms with E-state index in [1.54, 1.807) is 0 Å². The van der Waals surface area contributed by atoms with Crippen molar-refractivity contribution < 1.29 is 17.9 Å². The molecule has 0 saturated heterocycles. The van der Waals surface area contributed by atoms with E-state index in [1.165, 1.54) is 6.07 Å². The quantitative estimate of drug-likeness (QED) is 0.805. The number of halogens is 1. The predicted octanol–water partition coefficient (Wildman–Crippen LogP) is 0.858. The zero-order valence-corrected chi connectivity index (χ0v) is 11.0. The van der Waals surface area contributed by atoms with E-state index in [0.717, 1.165) is 25.0 Å². The van der Waals surface area contributed by atoms with E-state index in [4.69, 9.17) is 5.11 Å². The van der Waals surface area contributed by atoms with Crippen molar-refractivity contribution in [2.45, 2.75) is 17.7 Å². The fourth-order valence-electron chi connectivity index (χ4n) is 1.60. The van der Waals surface area contributed by atoms with Crippen molar-refractivity contribution >= 4 is 10.0 Å². The van der Waals surface area contributed by atoms with Crippen molar-refractivity contribution in [2.24, 2.45) is 5.92 Å². The smallest absolute Gasteiger partial charge is 0.241 e. The van der Waals surface area contributed by atoms with Gasteiger partial charge in [-0.05, 0) is 37.0 Å². The molecule has 0 atom stereocenters. The molecule has 2 N–H and O–H groups in total. The van der Waals surface area contributed by atoms with E-state index in [2.05, 4.69) is 16.6 Å². The van der Waals surface area contributed by atoms with E-state index in [0.29, 0.717) is 12.5 Å². The molecule has 2 rings (SSSR count). The lowest BCUT2D eigenvalue weighted by atomic mass is 10.2. The number of hydrogen-bond acceptors (Lipinski definition) is 3. The van der Waals surface area contributed by atoms with Crippen LogP contribution in [0.15, 0.2) is 23.1 Å². The molecule has 1 aromatic rings. The number of nitrogens with one attached hydrogen (secondary N) is 1. The number of aliphatic hydroxyl groups is 1. The Balaban J connectivity index is 2.30. The Kier molecular flexibility index (Phi) is 4.20. The van der Waals surface area contributed by atoms with E-state index >= 15 is 0 Å². The summed E-state index contributed by atoms with van der Waals surface area (Å²) < 4.78 is 39.8. The second-order valence-electron chi connectivity index (χ2n) is 4.40. The molecule has 0 aromatic heterocycles. The van der Waals surface area contributed by atoms with E-state index in [1.807, 2.05) is 0 Å². The number of rotatable bonds is 4. The van der Waals surface area contributed by atoms with Crippen molar-refractivity contribution in [3.05, 3.63) is 29.6 Å². The Morgan fingerprint density at radius 3 is 2.79 bits per heavy atom. The number of benzene rings is 1. The third-order valence-electron chi connectivity index (χ3n) is 2.79. The van der Waals surface area contributed by atoms with Crippen molar-refractivity contribution in [2.75, 3.05) is 13.2 Å². The van der Waals surface area contributed by atoms with Crippen LogP contribution >= 0.6 is 0 Å². The highest BCUT2D eigenvalue weighted by Crippen LogP contribution is 2.28. The largest absolute Gasteiger partial charge is 0.384 e. The molecule has 1 aromatic carbocycles. The third-order valence-corrected chi connectivity index (χ3v) is 4.27. The second kappa shape index (κ2) is 5.70. The summed E-state index contributed by atoms with van der Waals surface area (Å²) in [5, 5.41) is 8.64. The monoisotopic (exact) mass is 283 g/mol. The van der Waals surface area contributed by atoms with E-state index in [9.17, 15) is 12.8 Å². The van der Waals surface area contributed by atoms with E-state index < -0.39 is 22.4 Å². The highest BCUT2D eigenvalue weighted by Gasteiger charge is 2.25. The van der Waals surface area contributed by atoms with Crippen LogP contribution in [0.3, 0.4) is 0 Å². The zero-order chi connectivity index (χ0) is 13.9. The molecule has 6 heteroatoms. The molecule has 0 heterocycles. The van der Waals surface area contributed by atoms with Crippen LogP contribution in [0.4, 0.5) is 4.39 Å². The second-order valence-corrected chi connectivity index (χ2v) is 6.13. The number of hydrogen-bond donors (Lipinski definition) is 2. The van der Waals surface area contributed by atoms with Crippen LogP contribution in [0.2, 0.25) is 0 Å². The number of aliphatic hydroxyl groups excluding tert-OH is 1. The molecule has 0 unspecified atom stereocenters. The van der Waals surface area contributed by atoms with E-state index in [-0.39, 0.29) is 10.5 Å². The van der Waals surface area contributed by atoms with Crippen LogP contribution in [0.25, 0.3) is 0 Å². The van der Waals surface area contributed by atoms with Crippen LogP contribution in [0.1, 0.15) is 18.4 Å². The van der Waals surface area contributed by atoms with Crippen LogP contribution in [-0.4, -0.2) is 26.7 Å². The molecule has 0 spiro atoms. The highest BCUT2D eigenvalue weighted by atomic mass is 32.2. The summed E-state index contributed by atoms with van der Waals surface area (Å²) in [4.78, 5) is -0.0597. The molecule has 0 aliphatic heterocycles. The van der Waals surface area contributed by atoms with Crippen molar-refractivity contribution in [1.29, 1.82) is 0 Å². The summed E-state index contributed by atoms with van der Waals surface area (Å²) in [6.45, 7) is -0.0158. The standard InChI is InChI=1S/C13H14FNO3S/c14-12-5-6-13(11(8-12)2-1-7-16)19(17,18)15-9-10-3-4-10/h5-6,8,10,15-16H,3-4,7,9H2. The first-order valence-electron chi connectivity index (χ1n) is 5.92. The van der Waals surface area contributed by atoms with Crippen molar-refractivity contribution in [3.8, 4) is 11.8 Å². The highest BCUT2D eigenvalue weighted by molar-refractivity contribution is 7.89. The lowest BCUT2D eigenvalue weighted by Crippen LogP contribution is -2.26. The fourth-order valence-corrected chi connectivity index (χ4v) is 2.85. The topological polar surface area (TPSA) is 66.4 Å². The van der Waals surface area contributed by atoms with Gasteiger partial charge < -0.3 is 5.11 Å². The maximum Gasteiger partial charge on any atom is 0.241 e. The van der Waals surface area contributed by atoms with Gasteiger partial charge in [0.25, 0.3) is 0 Å². The average molecular weight is 283 g/mol. The Hall–Kier alpha value is -1.42. The van der Waals surface area contributed by atoms with Gasteiger partial charge in [0.2, 0.25) is 10.0 Å². The minimum Gasteiger partial charge on any atom is -0.384 e. The number of sulfonamides is 1. The molecule has 0 radical (unpaired) electrons. The van der Waals surface area contributed by atoms with Gasteiger partial charge in [0.05, 0.1) is 4.90 Å². The Labute approximate surface area is 111 Å². The fraction of sp³-hybridized carbons (Fsp3) is 0.385. The molecule has 1 saturated carbocycles. The normalized spacial score (nSPS) is 14.8. The van der Waals surface area contributed by atoms with Crippen molar-refractivity contribution in [1.82, 2.24) is 4.72 Å². The first-order chi connectivity index (χ1) is 9.03. The summed E-state index contributed by atoms with van der Waals surface area (Å²) in [6, 6.07) is 3.32. The van der Waals surface area contributed by atoms with Gasteiger partial charge in [0, 0.05) is 12.1 Å². The van der Waals surface area contributed by atoms with Crippen LogP contribution in [0.5, 0.6) is 0 Å². The first kappa shape index (κ1) is 14.0. The van der Waals surface area contributed by atoms with Gasteiger partial charge in [-0.3, -0.25) is 0 Å². The van der Waals surface area contributed by atoms with Gasteiger partial charge in [0.15, 0.2) is 0 Å². The molecule has 1 aliphatic carbocycles. The summed E-state index contributed by atoms with van der Waals surface area (Å²) in [7, 11) is -3.69. The minimum absolute atomic E-state index is 0.0531. The van der Waals surface area contributed by atoms with Crippen LogP contribution < -0.4 is 4.72 Å². The van der Waals surface area contributed by atoms with Gasteiger partial charge in [-0.1, -0.05) is 11.8 Å². The maximum absolute atomic E-state index is 13.1. The first-order valence-corrected chi connectivity index (χ1v) is 7.40. The van der Waals surface area contributed by atoms with Gasteiger partial charge in [-0.2, -0.15) is 0 Å². The average Bonchev–Trinajstić information content (AvgIpc) is 3.18. The molecule has 0 amide bonds. The van der Waals surface area contributed by atoms with Gasteiger partial charge >= 0.3 is 0 Å². The molecule has 102 valence electrons.